The van der Waals surface area contributed by atoms with Crippen molar-refractivity contribution in [2.45, 2.75) is 20.4 Å². The molecule has 3 aromatic rings. The van der Waals surface area contributed by atoms with Crippen LogP contribution in [-0.4, -0.2) is 26.1 Å². The van der Waals surface area contributed by atoms with E-state index in [2.05, 4.69) is 20.7 Å². The summed E-state index contributed by atoms with van der Waals surface area (Å²) < 4.78 is 0. The van der Waals surface area contributed by atoms with Gasteiger partial charge in [0.05, 0.1) is 0 Å². The van der Waals surface area contributed by atoms with Crippen molar-refractivity contribution in [3.05, 3.63) is 58.6 Å². The first-order valence-corrected chi connectivity index (χ1v) is 7.80. The van der Waals surface area contributed by atoms with Crippen molar-refractivity contribution in [2.75, 3.05) is 5.32 Å². The van der Waals surface area contributed by atoms with E-state index in [1.165, 1.54) is 4.80 Å². The predicted octanol–water partition coefficient (Wildman–Crippen LogP) is 3.25. The van der Waals surface area contributed by atoms with Crippen molar-refractivity contribution >= 4 is 23.2 Å². The summed E-state index contributed by atoms with van der Waals surface area (Å²) >= 11 is 5.91. The van der Waals surface area contributed by atoms with Crippen molar-refractivity contribution in [3.63, 3.8) is 0 Å². The Morgan fingerprint density at radius 3 is 2.71 bits per heavy atom. The molecule has 0 unspecified atom stereocenters. The summed E-state index contributed by atoms with van der Waals surface area (Å²) in [5.41, 5.74) is 3.56. The number of benzene rings is 2. The van der Waals surface area contributed by atoms with Gasteiger partial charge in [-0.1, -0.05) is 35.9 Å². The maximum atomic E-state index is 12.2. The van der Waals surface area contributed by atoms with Crippen LogP contribution in [-0.2, 0) is 11.3 Å². The van der Waals surface area contributed by atoms with Crippen LogP contribution in [0.5, 0.6) is 0 Å². The van der Waals surface area contributed by atoms with Crippen LogP contribution in [0, 0.1) is 13.8 Å². The largest absolute Gasteiger partial charge is 0.324 e. The summed E-state index contributed by atoms with van der Waals surface area (Å²) in [7, 11) is 0. The van der Waals surface area contributed by atoms with Gasteiger partial charge in [0.1, 0.15) is 6.54 Å². The molecule has 0 radical (unpaired) electrons. The molecule has 0 fully saturated rings. The van der Waals surface area contributed by atoms with Crippen LogP contribution in [0.4, 0.5) is 5.69 Å². The van der Waals surface area contributed by atoms with Crippen LogP contribution < -0.4 is 5.32 Å². The Morgan fingerprint density at radius 2 is 1.96 bits per heavy atom. The van der Waals surface area contributed by atoms with Gasteiger partial charge in [-0.15, -0.1) is 10.2 Å². The fourth-order valence-corrected chi connectivity index (χ4v) is 2.55. The minimum Gasteiger partial charge on any atom is -0.324 e. The van der Waals surface area contributed by atoms with Crippen LogP contribution in [0.1, 0.15) is 11.1 Å². The first kappa shape index (κ1) is 16.1. The molecule has 24 heavy (non-hydrogen) atoms. The molecule has 2 aromatic carbocycles. The smallest absolute Gasteiger partial charge is 0.248 e. The van der Waals surface area contributed by atoms with E-state index >= 15 is 0 Å². The number of amides is 1. The molecule has 0 aliphatic heterocycles. The van der Waals surface area contributed by atoms with Gasteiger partial charge >= 0.3 is 0 Å². The second-order valence-electron chi connectivity index (χ2n) is 5.47. The molecule has 7 heteroatoms. The lowest BCUT2D eigenvalue weighted by molar-refractivity contribution is -0.117. The monoisotopic (exact) mass is 341 g/mol. The number of tetrazole rings is 1. The Balaban J connectivity index is 1.70. The average molecular weight is 342 g/mol. The number of carbonyl (C=O) groups is 1. The summed E-state index contributed by atoms with van der Waals surface area (Å²) in [4.78, 5) is 13.4. The Hall–Kier alpha value is -2.73. The van der Waals surface area contributed by atoms with Gasteiger partial charge < -0.3 is 5.32 Å². The van der Waals surface area contributed by atoms with Crippen LogP contribution in [0.2, 0.25) is 5.02 Å². The van der Waals surface area contributed by atoms with E-state index in [-0.39, 0.29) is 12.5 Å². The average Bonchev–Trinajstić information content (AvgIpc) is 2.99. The molecule has 122 valence electrons. The summed E-state index contributed by atoms with van der Waals surface area (Å²) in [6.07, 6.45) is 0. The third-order valence-electron chi connectivity index (χ3n) is 3.59. The second kappa shape index (κ2) is 6.80. The summed E-state index contributed by atoms with van der Waals surface area (Å²) in [5.74, 6) is 0.276. The maximum Gasteiger partial charge on any atom is 0.248 e. The quantitative estimate of drug-likeness (QED) is 0.790. The Morgan fingerprint density at radius 1 is 1.17 bits per heavy atom. The molecule has 0 atom stereocenters. The number of hydrogen-bond donors (Lipinski definition) is 1. The first-order chi connectivity index (χ1) is 11.5. The number of rotatable bonds is 4. The summed E-state index contributed by atoms with van der Waals surface area (Å²) in [5, 5.41) is 15.7. The predicted molar refractivity (Wildman–Crippen MR) is 92.8 cm³/mol. The number of aromatic nitrogens is 4. The molecule has 0 saturated carbocycles. The summed E-state index contributed by atoms with van der Waals surface area (Å²) in [6, 6.07) is 13.1. The molecule has 0 saturated heterocycles. The lowest BCUT2D eigenvalue weighted by Crippen LogP contribution is -2.20. The molecule has 0 aliphatic rings. The van der Waals surface area contributed by atoms with Gasteiger partial charge in [0, 0.05) is 16.3 Å². The second-order valence-corrected chi connectivity index (χ2v) is 5.90. The van der Waals surface area contributed by atoms with Gasteiger partial charge in [0.2, 0.25) is 11.7 Å². The number of nitrogens with zero attached hydrogens (tertiary/aromatic N) is 4. The highest BCUT2D eigenvalue weighted by atomic mass is 35.5. The van der Waals surface area contributed by atoms with Crippen molar-refractivity contribution < 1.29 is 4.79 Å². The van der Waals surface area contributed by atoms with Gasteiger partial charge in [-0.2, -0.15) is 4.80 Å². The molecule has 1 N–H and O–H groups in total. The number of carbonyl (C=O) groups excluding carboxylic acids is 1. The standard InChI is InChI=1S/C17H16ClN5O/c1-11-5-3-4-6-14(11)17-20-22-23(21-17)10-16(24)19-15-8-7-13(18)9-12(15)2/h3-9H,10H2,1-2H3,(H,19,24). The number of aryl methyl sites for hydroxylation is 2. The highest BCUT2D eigenvalue weighted by Crippen LogP contribution is 2.20. The van der Waals surface area contributed by atoms with Crippen LogP contribution in [0.15, 0.2) is 42.5 Å². The number of halogens is 1. The first-order valence-electron chi connectivity index (χ1n) is 7.43. The van der Waals surface area contributed by atoms with E-state index in [4.69, 9.17) is 11.6 Å². The summed E-state index contributed by atoms with van der Waals surface area (Å²) in [6.45, 7) is 3.85. The third kappa shape index (κ3) is 3.60. The SMILES string of the molecule is Cc1cc(Cl)ccc1NC(=O)Cn1nnc(-c2ccccc2C)n1. The molecular weight excluding hydrogens is 326 g/mol. The van der Waals surface area contributed by atoms with E-state index in [0.717, 1.165) is 16.7 Å². The zero-order chi connectivity index (χ0) is 17.1. The minimum absolute atomic E-state index is 0.0129. The fraction of sp³-hybridized carbons (Fsp3) is 0.176. The van der Waals surface area contributed by atoms with Crippen molar-refractivity contribution in [2.24, 2.45) is 0 Å². The van der Waals surface area contributed by atoms with Crippen LogP contribution in [0.25, 0.3) is 11.4 Å². The number of anilines is 1. The normalized spacial score (nSPS) is 10.6. The molecule has 0 bridgehead atoms. The molecule has 3 rings (SSSR count). The van der Waals surface area contributed by atoms with E-state index in [1.807, 2.05) is 38.1 Å². The fourth-order valence-electron chi connectivity index (χ4n) is 2.33. The zero-order valence-electron chi connectivity index (χ0n) is 13.3. The van der Waals surface area contributed by atoms with Gasteiger partial charge in [-0.3, -0.25) is 4.79 Å². The lowest BCUT2D eigenvalue weighted by atomic mass is 10.1. The van der Waals surface area contributed by atoms with Crippen molar-refractivity contribution in [1.29, 1.82) is 0 Å². The Bertz CT molecular complexity index is 890. The van der Waals surface area contributed by atoms with E-state index in [9.17, 15) is 4.79 Å². The van der Waals surface area contributed by atoms with E-state index in [1.54, 1.807) is 18.2 Å². The molecule has 6 nitrogen and oxygen atoms in total. The number of hydrogen-bond acceptors (Lipinski definition) is 4. The molecule has 0 aliphatic carbocycles. The number of nitrogens with one attached hydrogen (secondary N) is 1. The maximum absolute atomic E-state index is 12.2. The Kier molecular flexibility index (Phi) is 4.57. The van der Waals surface area contributed by atoms with Gasteiger partial charge in [-0.25, -0.2) is 0 Å². The minimum atomic E-state index is -0.228. The van der Waals surface area contributed by atoms with Crippen molar-refractivity contribution in [1.82, 2.24) is 20.2 Å². The Labute approximate surface area is 144 Å². The molecule has 0 spiro atoms. The van der Waals surface area contributed by atoms with E-state index < -0.39 is 0 Å². The highest BCUT2D eigenvalue weighted by molar-refractivity contribution is 6.30. The lowest BCUT2D eigenvalue weighted by Gasteiger charge is -2.08. The van der Waals surface area contributed by atoms with E-state index in [0.29, 0.717) is 16.5 Å². The topological polar surface area (TPSA) is 72.7 Å². The highest BCUT2D eigenvalue weighted by Gasteiger charge is 2.11. The van der Waals surface area contributed by atoms with Crippen LogP contribution in [0.3, 0.4) is 0 Å². The third-order valence-corrected chi connectivity index (χ3v) is 3.82. The van der Waals surface area contributed by atoms with Gasteiger partial charge in [0.15, 0.2) is 0 Å². The van der Waals surface area contributed by atoms with Crippen molar-refractivity contribution in [3.8, 4) is 11.4 Å². The molecule has 1 heterocycles. The van der Waals surface area contributed by atoms with Gasteiger partial charge in [-0.05, 0) is 48.4 Å². The van der Waals surface area contributed by atoms with Gasteiger partial charge in [0.25, 0.3) is 0 Å². The van der Waals surface area contributed by atoms with Crippen LogP contribution >= 0.6 is 11.6 Å². The molecule has 1 aromatic heterocycles. The molecular formula is C17H16ClN5O. The zero-order valence-corrected chi connectivity index (χ0v) is 14.1. The molecule has 1 amide bonds.